The topological polar surface area (TPSA) is 32.8 Å². The van der Waals surface area contributed by atoms with Gasteiger partial charge in [0.05, 0.1) is 28.0 Å². The van der Waals surface area contributed by atoms with Crippen LogP contribution in [0.5, 0.6) is 0 Å². The summed E-state index contributed by atoms with van der Waals surface area (Å²) < 4.78 is 86.6. The second-order valence-electron chi connectivity index (χ2n) is 23.0. The Morgan fingerprint density at radius 3 is 1.56 bits per heavy atom. The summed E-state index contributed by atoms with van der Waals surface area (Å²) in [5.41, 5.74) is 12.5. The zero-order valence-electron chi connectivity index (χ0n) is 52.8. The van der Waals surface area contributed by atoms with Gasteiger partial charge < -0.3 is 18.6 Å². The molecule has 0 unspecified atom stereocenters. The van der Waals surface area contributed by atoms with Crippen LogP contribution in [-0.2, 0) is 16.2 Å². The van der Waals surface area contributed by atoms with Gasteiger partial charge in [0.2, 0.25) is 0 Å². The average molecular weight is 1030 g/mol. The van der Waals surface area contributed by atoms with Gasteiger partial charge in [-0.1, -0.05) is 219 Å². The molecule has 0 radical (unpaired) electrons. The predicted octanol–water partition coefficient (Wildman–Crippen LogP) is 22.0. The van der Waals surface area contributed by atoms with Gasteiger partial charge in [0.15, 0.2) is 5.58 Å². The van der Waals surface area contributed by atoms with Crippen LogP contribution in [0.4, 0.5) is 34.1 Å². The highest BCUT2D eigenvalue weighted by atomic mass is 35.5. The van der Waals surface area contributed by atoms with Crippen molar-refractivity contribution >= 4 is 89.6 Å². The minimum Gasteiger partial charge on any atom is -0.456 e. The number of benzene rings is 10. The lowest BCUT2D eigenvalue weighted by Gasteiger charge is -2.33. The average Bonchev–Trinajstić information content (AvgIpc) is 1.62. The molecule has 0 amide bonds. The molecule has 0 bridgehead atoms. The van der Waals surface area contributed by atoms with Gasteiger partial charge in [0.1, 0.15) is 16.7 Å². The lowest BCUT2D eigenvalue weighted by molar-refractivity contribution is 0.569. The molecule has 0 aliphatic carbocycles. The van der Waals surface area contributed by atoms with E-state index >= 15 is 0 Å². The summed E-state index contributed by atoms with van der Waals surface area (Å²) in [6, 6.07) is 54.6. The Balaban J connectivity index is 1.30. The maximum atomic E-state index is 9.55. The molecule has 12 rings (SSSR count). The molecule has 2 heterocycles. The fourth-order valence-corrected chi connectivity index (χ4v) is 10.7. The van der Waals surface area contributed by atoms with Crippen LogP contribution in [0.15, 0.2) is 227 Å². The van der Waals surface area contributed by atoms with E-state index in [1.807, 2.05) is 72.8 Å². The highest BCUT2D eigenvalue weighted by molar-refractivity contribution is 6.31. The molecule has 0 saturated carbocycles. The monoisotopic (exact) mass is 1030 g/mol. The molecule has 0 aliphatic rings. The maximum absolute atomic E-state index is 9.55. The molecule has 2 aromatic heterocycles. The van der Waals surface area contributed by atoms with Crippen molar-refractivity contribution in [2.24, 2.45) is 0 Å². The number of halogens is 1. The standard InChI is InChI=1S/C72H63ClN2O2/c1-70(2,3)50-35-36-62(60(42-50)47-25-14-11-15-26-47)74(54-28-22-27-53(73)43-54)55-39-49(48-37-51(71(4,5)6)41-52(38-48)72(7,8)9)40-56(44-55)75(61-32-19-16-29-57(61)46-23-12-10-13-24-46)63-45-66-67(58-30-17-20-33-64(58)76-66)68-59-31-18-21-34-65(59)77-69(63)68/h10-45H,1-9H3/i17D,18D,20D,21D,30D,31D,33D,34D. The molecule has 0 N–H and O–H groups in total. The van der Waals surface area contributed by atoms with Gasteiger partial charge >= 0.3 is 0 Å². The van der Waals surface area contributed by atoms with Gasteiger partial charge in [-0.3, -0.25) is 0 Å². The molecular weight excluding hydrogens is 960 g/mol. The minimum atomic E-state index is -0.490. The fourth-order valence-electron chi connectivity index (χ4n) is 10.5. The number of hydrogen-bond acceptors (Lipinski definition) is 4. The van der Waals surface area contributed by atoms with E-state index in [1.165, 1.54) is 0 Å². The first-order valence-electron chi connectivity index (χ1n) is 30.1. The third-order valence-electron chi connectivity index (χ3n) is 14.6. The van der Waals surface area contributed by atoms with E-state index < -0.39 is 30.2 Å². The first-order valence-corrected chi connectivity index (χ1v) is 26.5. The minimum absolute atomic E-state index is 0.0432. The second-order valence-corrected chi connectivity index (χ2v) is 23.4. The number of fused-ring (bicyclic) bond motifs is 7. The Labute approximate surface area is 469 Å². The van der Waals surface area contributed by atoms with Crippen molar-refractivity contribution in [2.45, 2.75) is 78.6 Å². The molecule has 0 spiro atoms. The summed E-state index contributed by atoms with van der Waals surface area (Å²) in [5, 5.41) is 1.08. The van der Waals surface area contributed by atoms with Crippen LogP contribution in [0.1, 0.15) is 90.0 Å². The van der Waals surface area contributed by atoms with Crippen LogP contribution < -0.4 is 9.80 Å². The number of nitrogens with zero attached hydrogens (tertiary/aromatic N) is 2. The number of hydrogen-bond donors (Lipinski definition) is 0. The first-order chi connectivity index (χ1) is 40.3. The van der Waals surface area contributed by atoms with E-state index in [1.54, 1.807) is 6.07 Å². The third-order valence-corrected chi connectivity index (χ3v) is 14.8. The van der Waals surface area contributed by atoms with E-state index in [4.69, 9.17) is 27.3 Å². The van der Waals surface area contributed by atoms with E-state index in [9.17, 15) is 4.11 Å². The zero-order chi connectivity index (χ0) is 60.3. The summed E-state index contributed by atoms with van der Waals surface area (Å²) in [7, 11) is 0. The molecule has 0 atom stereocenters. The van der Waals surface area contributed by atoms with E-state index in [-0.39, 0.29) is 78.2 Å². The molecule has 0 saturated heterocycles. The lowest BCUT2D eigenvalue weighted by atomic mass is 9.79. The van der Waals surface area contributed by atoms with Crippen LogP contribution in [-0.4, -0.2) is 0 Å². The molecule has 12 aromatic rings. The normalized spacial score (nSPS) is 13.7. The number of furan rings is 2. The fraction of sp³-hybridized carbons (Fsp3) is 0.167. The molecule has 77 heavy (non-hydrogen) atoms. The molecule has 5 heteroatoms. The molecule has 380 valence electrons. The highest BCUT2D eigenvalue weighted by Gasteiger charge is 2.30. The lowest BCUT2D eigenvalue weighted by Crippen LogP contribution is -2.17. The van der Waals surface area contributed by atoms with Crippen molar-refractivity contribution in [2.75, 3.05) is 9.80 Å². The molecule has 10 aromatic carbocycles. The van der Waals surface area contributed by atoms with E-state index in [0.29, 0.717) is 22.1 Å². The third kappa shape index (κ3) is 9.25. The largest absolute Gasteiger partial charge is 0.456 e. The van der Waals surface area contributed by atoms with Gasteiger partial charge in [-0.2, -0.15) is 0 Å². The summed E-state index contributed by atoms with van der Waals surface area (Å²) in [4.78, 5) is 4.33. The van der Waals surface area contributed by atoms with Crippen LogP contribution in [0.3, 0.4) is 0 Å². The Kier molecular flexibility index (Phi) is 10.1. The zero-order valence-corrected chi connectivity index (χ0v) is 45.5. The number of rotatable bonds is 9. The van der Waals surface area contributed by atoms with Crippen LogP contribution in [0.25, 0.3) is 77.3 Å². The summed E-state index contributed by atoms with van der Waals surface area (Å²) in [5.74, 6) is 0. The Morgan fingerprint density at radius 2 is 0.922 bits per heavy atom. The van der Waals surface area contributed by atoms with Crippen molar-refractivity contribution in [3.63, 3.8) is 0 Å². The summed E-state index contributed by atoms with van der Waals surface area (Å²) in [6.45, 7) is 20.0. The second kappa shape index (κ2) is 19.1. The molecule has 4 nitrogen and oxygen atoms in total. The molecule has 0 fully saturated rings. The number of anilines is 6. The van der Waals surface area contributed by atoms with Crippen molar-refractivity contribution in [1.29, 1.82) is 0 Å². The van der Waals surface area contributed by atoms with Crippen LogP contribution >= 0.6 is 11.6 Å². The van der Waals surface area contributed by atoms with Gasteiger partial charge in [0, 0.05) is 60.8 Å². The van der Waals surface area contributed by atoms with Gasteiger partial charge in [-0.25, -0.2) is 0 Å². The van der Waals surface area contributed by atoms with Gasteiger partial charge in [-0.05, 0) is 122 Å². The van der Waals surface area contributed by atoms with Crippen LogP contribution in [0.2, 0.25) is 5.02 Å². The summed E-state index contributed by atoms with van der Waals surface area (Å²) in [6.07, 6.45) is 0. The van der Waals surface area contributed by atoms with Gasteiger partial charge in [-0.15, -0.1) is 0 Å². The Bertz CT molecular complexity index is 4640. The SMILES string of the molecule is [2H]c1c([2H])c([2H])c2c(oc3cc(N(c4cc(-c5cc(C(C)(C)C)cc(C(C)(C)C)c5)cc(N(c5cccc(Cl)c5)c5ccc(C(C)(C)C)cc5-c5ccccc5)c4)c4ccccc4-c4ccccc4)c4oc5c([2H])c([2H])c([2H])c([2H])c5c4c32)c1[2H]. The van der Waals surface area contributed by atoms with Crippen molar-refractivity contribution in [3.05, 3.63) is 240 Å². The number of para-hydroxylation sites is 3. The van der Waals surface area contributed by atoms with E-state index in [2.05, 4.69) is 163 Å². The molecule has 0 aliphatic heterocycles. The maximum Gasteiger partial charge on any atom is 0.160 e. The van der Waals surface area contributed by atoms with Crippen LogP contribution in [0, 0.1) is 0 Å². The highest BCUT2D eigenvalue weighted by Crippen LogP contribution is 2.52. The predicted molar refractivity (Wildman–Crippen MR) is 328 cm³/mol. The Hall–Kier alpha value is -8.31. The summed E-state index contributed by atoms with van der Waals surface area (Å²) >= 11 is 7.07. The molecular formula is C72H63ClN2O2. The quantitative estimate of drug-likeness (QED) is 0.144. The first kappa shape index (κ1) is 40.9. The Morgan fingerprint density at radius 1 is 0.377 bits per heavy atom. The van der Waals surface area contributed by atoms with Gasteiger partial charge in [0.25, 0.3) is 0 Å². The van der Waals surface area contributed by atoms with E-state index in [0.717, 1.165) is 67.1 Å². The smallest absolute Gasteiger partial charge is 0.160 e. The van der Waals surface area contributed by atoms with Crippen molar-refractivity contribution in [3.8, 4) is 33.4 Å². The van der Waals surface area contributed by atoms with Crippen molar-refractivity contribution in [1.82, 2.24) is 0 Å². The van der Waals surface area contributed by atoms with Crippen molar-refractivity contribution < 1.29 is 19.8 Å².